The zero-order valence-corrected chi connectivity index (χ0v) is 13.4. The van der Waals surface area contributed by atoms with Gasteiger partial charge in [-0.3, -0.25) is 4.79 Å². The van der Waals surface area contributed by atoms with Crippen molar-refractivity contribution in [3.8, 4) is 11.3 Å². The summed E-state index contributed by atoms with van der Waals surface area (Å²) in [5, 5.41) is 20.3. The van der Waals surface area contributed by atoms with Gasteiger partial charge in [0.2, 0.25) is 5.91 Å². The van der Waals surface area contributed by atoms with E-state index >= 15 is 0 Å². The predicted octanol–water partition coefficient (Wildman–Crippen LogP) is 1.89. The first-order valence-electron chi connectivity index (χ1n) is 7.63. The summed E-state index contributed by atoms with van der Waals surface area (Å²) >= 11 is 5.90. The Kier molecular flexibility index (Phi) is 4.95. The third-order valence-corrected chi connectivity index (χ3v) is 3.88. The number of rotatable bonds is 7. The fraction of sp³-hybridized carbons (Fsp3) is 0.375. The van der Waals surface area contributed by atoms with Crippen molar-refractivity contribution in [2.45, 2.75) is 25.4 Å². The lowest BCUT2D eigenvalue weighted by atomic mass is 10.1. The van der Waals surface area contributed by atoms with Crippen LogP contribution in [-0.4, -0.2) is 40.0 Å². The molecule has 3 N–H and O–H groups in total. The maximum absolute atomic E-state index is 12.0. The van der Waals surface area contributed by atoms with Crippen molar-refractivity contribution in [2.75, 3.05) is 18.5 Å². The van der Waals surface area contributed by atoms with Crippen LogP contribution >= 0.6 is 11.6 Å². The van der Waals surface area contributed by atoms with Gasteiger partial charge >= 0.3 is 0 Å². The van der Waals surface area contributed by atoms with Gasteiger partial charge in [0.05, 0.1) is 25.4 Å². The van der Waals surface area contributed by atoms with E-state index in [1.807, 2.05) is 12.1 Å². The molecule has 0 saturated heterocycles. The zero-order valence-electron chi connectivity index (χ0n) is 12.6. The molecule has 3 rings (SSSR count). The Bertz CT molecular complexity index is 680. The highest BCUT2D eigenvalue weighted by Crippen LogP contribution is 2.23. The van der Waals surface area contributed by atoms with E-state index in [2.05, 4.69) is 15.7 Å². The molecule has 1 aromatic carbocycles. The lowest BCUT2D eigenvalue weighted by Crippen LogP contribution is -2.30. The number of hydrogen-bond acceptors (Lipinski definition) is 4. The monoisotopic (exact) mass is 334 g/mol. The molecule has 122 valence electrons. The molecule has 1 aliphatic rings. The van der Waals surface area contributed by atoms with Crippen molar-refractivity contribution in [1.29, 1.82) is 0 Å². The van der Waals surface area contributed by atoms with Crippen LogP contribution in [0.4, 0.5) is 5.82 Å². The van der Waals surface area contributed by atoms with Crippen LogP contribution in [0.25, 0.3) is 11.3 Å². The number of anilines is 1. The van der Waals surface area contributed by atoms with Crippen LogP contribution in [0.15, 0.2) is 30.3 Å². The molecule has 1 fully saturated rings. The lowest BCUT2D eigenvalue weighted by molar-refractivity contribution is -0.115. The molecule has 1 amide bonds. The molecule has 1 saturated carbocycles. The molecule has 6 nitrogen and oxygen atoms in total. The van der Waals surface area contributed by atoms with Crippen LogP contribution in [0.1, 0.15) is 12.8 Å². The third kappa shape index (κ3) is 4.31. The number of carbonyl (C=O) groups excluding carboxylic acids is 1. The summed E-state index contributed by atoms with van der Waals surface area (Å²) in [7, 11) is 0. The van der Waals surface area contributed by atoms with E-state index in [9.17, 15) is 9.90 Å². The molecular formula is C16H19ClN4O2. The second kappa shape index (κ2) is 7.12. The zero-order chi connectivity index (χ0) is 16.2. The van der Waals surface area contributed by atoms with Crippen molar-refractivity contribution in [3.63, 3.8) is 0 Å². The van der Waals surface area contributed by atoms with Gasteiger partial charge in [-0.15, -0.1) is 0 Å². The molecule has 0 bridgehead atoms. The number of amides is 1. The number of hydrogen-bond donors (Lipinski definition) is 3. The second-order valence-electron chi connectivity index (χ2n) is 5.57. The van der Waals surface area contributed by atoms with Crippen molar-refractivity contribution >= 4 is 23.3 Å². The molecule has 1 aromatic heterocycles. The smallest absolute Gasteiger partial charge is 0.239 e. The van der Waals surface area contributed by atoms with E-state index in [-0.39, 0.29) is 19.1 Å². The molecule has 1 aliphatic carbocycles. The minimum atomic E-state index is -0.112. The van der Waals surface area contributed by atoms with E-state index < -0.39 is 0 Å². The van der Waals surface area contributed by atoms with Crippen LogP contribution in [0.5, 0.6) is 0 Å². The number of nitrogens with zero attached hydrogens (tertiary/aromatic N) is 2. The van der Waals surface area contributed by atoms with Crippen molar-refractivity contribution in [1.82, 2.24) is 15.1 Å². The molecule has 0 radical (unpaired) electrons. The largest absolute Gasteiger partial charge is 0.394 e. The average molecular weight is 335 g/mol. The Morgan fingerprint density at radius 3 is 2.74 bits per heavy atom. The molecule has 7 heteroatoms. The minimum Gasteiger partial charge on any atom is -0.394 e. The van der Waals surface area contributed by atoms with E-state index in [1.165, 1.54) is 0 Å². The van der Waals surface area contributed by atoms with Gasteiger partial charge in [-0.05, 0) is 25.0 Å². The molecule has 0 aliphatic heterocycles. The molecule has 0 unspecified atom stereocenters. The van der Waals surface area contributed by atoms with Crippen LogP contribution in [0.2, 0.25) is 5.02 Å². The molecule has 0 atom stereocenters. The highest BCUT2D eigenvalue weighted by Gasteiger charge is 2.21. The first-order valence-corrected chi connectivity index (χ1v) is 8.01. The summed E-state index contributed by atoms with van der Waals surface area (Å²) in [6.07, 6.45) is 2.27. The Morgan fingerprint density at radius 2 is 2.09 bits per heavy atom. The first-order chi connectivity index (χ1) is 11.2. The number of carbonyl (C=O) groups is 1. The fourth-order valence-electron chi connectivity index (χ4n) is 2.26. The van der Waals surface area contributed by atoms with Gasteiger partial charge in [-0.2, -0.15) is 5.10 Å². The van der Waals surface area contributed by atoms with E-state index in [4.69, 9.17) is 11.6 Å². The lowest BCUT2D eigenvalue weighted by Gasteiger charge is -2.07. The quantitative estimate of drug-likeness (QED) is 0.722. The number of nitrogens with one attached hydrogen (secondary N) is 2. The maximum atomic E-state index is 12.0. The van der Waals surface area contributed by atoms with Crippen LogP contribution in [0, 0.1) is 0 Å². The Labute approximate surface area is 139 Å². The highest BCUT2D eigenvalue weighted by atomic mass is 35.5. The van der Waals surface area contributed by atoms with Crippen LogP contribution in [0.3, 0.4) is 0 Å². The molecular weight excluding hydrogens is 316 g/mol. The van der Waals surface area contributed by atoms with Crippen LogP contribution in [-0.2, 0) is 11.3 Å². The van der Waals surface area contributed by atoms with Gasteiger partial charge in [0.25, 0.3) is 0 Å². The van der Waals surface area contributed by atoms with E-state index in [1.54, 1.807) is 22.9 Å². The summed E-state index contributed by atoms with van der Waals surface area (Å²) in [4.78, 5) is 12.0. The molecule has 1 heterocycles. The van der Waals surface area contributed by atoms with E-state index in [0.717, 1.165) is 24.1 Å². The Balaban J connectivity index is 1.74. The summed E-state index contributed by atoms with van der Waals surface area (Å²) in [5.74, 6) is 0.463. The minimum absolute atomic E-state index is 0.0507. The van der Waals surface area contributed by atoms with Crippen LogP contribution < -0.4 is 10.6 Å². The number of aliphatic hydroxyl groups is 1. The number of benzene rings is 1. The van der Waals surface area contributed by atoms with Gasteiger partial charge < -0.3 is 15.7 Å². The molecule has 23 heavy (non-hydrogen) atoms. The van der Waals surface area contributed by atoms with Gasteiger partial charge in [0, 0.05) is 22.7 Å². The number of aromatic nitrogens is 2. The summed E-state index contributed by atoms with van der Waals surface area (Å²) < 4.78 is 1.60. The van der Waals surface area contributed by atoms with Crippen molar-refractivity contribution in [3.05, 3.63) is 35.4 Å². The Hall–Kier alpha value is -1.89. The van der Waals surface area contributed by atoms with E-state index in [0.29, 0.717) is 23.4 Å². The number of halogens is 1. The normalized spacial score (nSPS) is 14.0. The SMILES string of the molecule is O=C(CNC1CC1)Nc1cc(-c2ccc(Cl)cc2)nn1CCO. The summed E-state index contributed by atoms with van der Waals surface area (Å²) in [6, 6.07) is 9.60. The summed E-state index contributed by atoms with van der Waals surface area (Å²) in [6.45, 7) is 0.551. The number of aliphatic hydroxyl groups excluding tert-OH is 1. The average Bonchev–Trinajstić information content (AvgIpc) is 3.29. The topological polar surface area (TPSA) is 79.2 Å². The highest BCUT2D eigenvalue weighted by molar-refractivity contribution is 6.30. The Morgan fingerprint density at radius 1 is 1.35 bits per heavy atom. The third-order valence-electron chi connectivity index (χ3n) is 3.63. The van der Waals surface area contributed by atoms with Gasteiger partial charge in [0.1, 0.15) is 5.82 Å². The van der Waals surface area contributed by atoms with Crippen molar-refractivity contribution < 1.29 is 9.90 Å². The van der Waals surface area contributed by atoms with Gasteiger partial charge in [0.15, 0.2) is 0 Å². The summed E-state index contributed by atoms with van der Waals surface area (Å²) in [5.41, 5.74) is 1.62. The fourth-order valence-corrected chi connectivity index (χ4v) is 2.38. The maximum Gasteiger partial charge on any atom is 0.239 e. The van der Waals surface area contributed by atoms with Crippen molar-refractivity contribution in [2.24, 2.45) is 0 Å². The standard InChI is InChI=1S/C16H19ClN4O2/c17-12-3-1-11(2-4-12)14-9-15(21(20-14)7-8-22)19-16(23)10-18-13-5-6-13/h1-4,9,13,18,22H,5-8,10H2,(H,19,23). The predicted molar refractivity (Wildman–Crippen MR) is 89.4 cm³/mol. The van der Waals surface area contributed by atoms with Gasteiger partial charge in [-0.25, -0.2) is 4.68 Å². The molecule has 2 aromatic rings. The molecule has 0 spiro atoms. The van der Waals surface area contributed by atoms with Gasteiger partial charge in [-0.1, -0.05) is 23.7 Å². The first kappa shape index (κ1) is 16.0. The second-order valence-corrected chi connectivity index (χ2v) is 6.01.